The third kappa shape index (κ3) is 1.56. The van der Waals surface area contributed by atoms with E-state index in [2.05, 4.69) is 0 Å². The molecule has 1 aliphatic rings. The van der Waals surface area contributed by atoms with E-state index in [-0.39, 0.29) is 18.8 Å². The van der Waals surface area contributed by atoms with Crippen LogP contribution in [-0.4, -0.2) is 5.92 Å². The van der Waals surface area contributed by atoms with Gasteiger partial charge in [0.1, 0.15) is 5.82 Å². The summed E-state index contributed by atoms with van der Waals surface area (Å²) in [5.41, 5.74) is 6.02. The number of hydrogen-bond donors (Lipinski definition) is 1. The monoisotopic (exact) mass is 201 g/mol. The van der Waals surface area contributed by atoms with Crippen LogP contribution in [-0.2, 0) is 0 Å². The Morgan fingerprint density at radius 3 is 2.43 bits per heavy atom. The van der Waals surface area contributed by atoms with Crippen LogP contribution >= 0.6 is 0 Å². The molecule has 0 spiro atoms. The normalized spacial score (nSPS) is 20.5. The van der Waals surface area contributed by atoms with E-state index in [4.69, 9.17) is 5.73 Å². The summed E-state index contributed by atoms with van der Waals surface area (Å²) in [4.78, 5) is 0. The van der Waals surface area contributed by atoms with Gasteiger partial charge in [0, 0.05) is 18.5 Å². The molecule has 1 saturated carbocycles. The summed E-state index contributed by atoms with van der Waals surface area (Å²) in [5, 5.41) is 0. The molecule has 0 heterocycles. The maximum absolute atomic E-state index is 13.2. The van der Waals surface area contributed by atoms with Gasteiger partial charge in [0.25, 0.3) is 0 Å². The number of rotatable bonds is 1. The summed E-state index contributed by atoms with van der Waals surface area (Å²) in [7, 11) is 0. The number of nitrogens with two attached hydrogens (primary N) is 1. The predicted octanol–water partition coefficient (Wildman–Crippen LogP) is 2.92. The van der Waals surface area contributed by atoms with Crippen molar-refractivity contribution in [3.8, 4) is 0 Å². The third-order valence-corrected chi connectivity index (χ3v) is 2.55. The molecule has 0 aliphatic heterocycles. The fraction of sp³-hybridized carbons (Fsp3) is 0.400. The Kier molecular flexibility index (Phi) is 1.94. The molecule has 0 aromatic heterocycles. The number of hydrogen-bond acceptors (Lipinski definition) is 1. The minimum absolute atomic E-state index is 0.256. The first-order chi connectivity index (χ1) is 6.48. The van der Waals surface area contributed by atoms with E-state index < -0.39 is 11.7 Å². The molecular weight excluding hydrogens is 191 g/mol. The summed E-state index contributed by atoms with van der Waals surface area (Å²) < 4.78 is 38.3. The van der Waals surface area contributed by atoms with Crippen molar-refractivity contribution in [3.63, 3.8) is 0 Å². The topological polar surface area (TPSA) is 26.0 Å². The Balaban J connectivity index is 2.19. The second kappa shape index (κ2) is 2.90. The standard InChI is InChI=1S/C10H10F3N/c11-9-3-7(14)1-2-8(9)6-4-10(12,13)5-6/h1-3,6H,4-5,14H2. The van der Waals surface area contributed by atoms with Gasteiger partial charge in [-0.1, -0.05) is 6.07 Å². The molecule has 0 unspecified atom stereocenters. The summed E-state index contributed by atoms with van der Waals surface area (Å²) in [6.45, 7) is 0. The van der Waals surface area contributed by atoms with Gasteiger partial charge in [-0.2, -0.15) is 0 Å². The molecular formula is C10H10F3N. The van der Waals surface area contributed by atoms with E-state index in [9.17, 15) is 13.2 Å². The van der Waals surface area contributed by atoms with Crippen molar-refractivity contribution in [3.05, 3.63) is 29.6 Å². The highest BCUT2D eigenvalue weighted by atomic mass is 19.3. The zero-order chi connectivity index (χ0) is 10.3. The largest absolute Gasteiger partial charge is 0.399 e. The van der Waals surface area contributed by atoms with Gasteiger partial charge in [0.15, 0.2) is 0 Å². The van der Waals surface area contributed by atoms with Crippen LogP contribution in [0.25, 0.3) is 0 Å². The Hall–Kier alpha value is -1.19. The molecule has 1 aromatic rings. The molecule has 1 aromatic carbocycles. The predicted molar refractivity (Wildman–Crippen MR) is 47.7 cm³/mol. The van der Waals surface area contributed by atoms with Crippen molar-refractivity contribution >= 4 is 5.69 Å². The maximum Gasteiger partial charge on any atom is 0.249 e. The Bertz CT molecular complexity index is 354. The van der Waals surface area contributed by atoms with Crippen LogP contribution in [0, 0.1) is 5.82 Å². The first kappa shape index (κ1) is 9.37. The van der Waals surface area contributed by atoms with Gasteiger partial charge in [-0.25, -0.2) is 13.2 Å². The highest BCUT2D eigenvalue weighted by molar-refractivity contribution is 5.42. The maximum atomic E-state index is 13.2. The van der Waals surface area contributed by atoms with Gasteiger partial charge in [0.2, 0.25) is 5.92 Å². The number of alkyl halides is 2. The molecule has 0 amide bonds. The SMILES string of the molecule is Nc1ccc(C2CC(F)(F)C2)c(F)c1. The lowest BCUT2D eigenvalue weighted by Gasteiger charge is -2.35. The van der Waals surface area contributed by atoms with Crippen molar-refractivity contribution in [2.75, 3.05) is 5.73 Å². The van der Waals surface area contributed by atoms with Crippen molar-refractivity contribution in [2.45, 2.75) is 24.7 Å². The molecule has 0 atom stereocenters. The van der Waals surface area contributed by atoms with E-state index in [1.165, 1.54) is 18.2 Å². The van der Waals surface area contributed by atoms with Crippen molar-refractivity contribution in [1.29, 1.82) is 0 Å². The third-order valence-electron chi connectivity index (χ3n) is 2.55. The molecule has 14 heavy (non-hydrogen) atoms. The smallest absolute Gasteiger partial charge is 0.249 e. The van der Waals surface area contributed by atoms with Crippen molar-refractivity contribution < 1.29 is 13.2 Å². The second-order valence-electron chi connectivity index (χ2n) is 3.74. The average Bonchev–Trinajstić information content (AvgIpc) is 2.00. The highest BCUT2D eigenvalue weighted by Crippen LogP contribution is 2.48. The summed E-state index contributed by atoms with van der Waals surface area (Å²) in [5.74, 6) is -3.45. The first-order valence-corrected chi connectivity index (χ1v) is 4.41. The van der Waals surface area contributed by atoms with Crippen LogP contribution in [0.15, 0.2) is 18.2 Å². The highest BCUT2D eigenvalue weighted by Gasteiger charge is 2.46. The average molecular weight is 201 g/mol. The summed E-state index contributed by atoms with van der Waals surface area (Å²) >= 11 is 0. The number of nitrogen functional groups attached to an aromatic ring is 1. The molecule has 0 saturated heterocycles. The van der Waals surface area contributed by atoms with Crippen molar-refractivity contribution in [1.82, 2.24) is 0 Å². The molecule has 4 heteroatoms. The fourth-order valence-corrected chi connectivity index (χ4v) is 1.76. The number of halogens is 3. The second-order valence-corrected chi connectivity index (χ2v) is 3.74. The van der Waals surface area contributed by atoms with Crippen molar-refractivity contribution in [2.24, 2.45) is 0 Å². The van der Waals surface area contributed by atoms with Crippen LogP contribution in [0.1, 0.15) is 24.3 Å². The number of benzene rings is 1. The van der Waals surface area contributed by atoms with E-state index >= 15 is 0 Å². The lowest BCUT2D eigenvalue weighted by Crippen LogP contribution is -2.34. The van der Waals surface area contributed by atoms with Gasteiger partial charge < -0.3 is 5.73 Å². The fourth-order valence-electron chi connectivity index (χ4n) is 1.76. The van der Waals surface area contributed by atoms with Crippen LogP contribution in [0.3, 0.4) is 0 Å². The molecule has 2 rings (SSSR count). The van der Waals surface area contributed by atoms with Gasteiger partial charge in [0.05, 0.1) is 0 Å². The summed E-state index contributed by atoms with van der Waals surface area (Å²) in [6, 6.07) is 4.20. The number of anilines is 1. The molecule has 1 aliphatic carbocycles. The van der Waals surface area contributed by atoms with E-state index in [0.29, 0.717) is 11.3 Å². The minimum Gasteiger partial charge on any atom is -0.399 e. The molecule has 0 radical (unpaired) electrons. The van der Waals surface area contributed by atoms with Crippen LogP contribution in [0.5, 0.6) is 0 Å². The van der Waals surface area contributed by atoms with Gasteiger partial charge in [-0.3, -0.25) is 0 Å². The van der Waals surface area contributed by atoms with Gasteiger partial charge in [-0.15, -0.1) is 0 Å². The Morgan fingerprint density at radius 1 is 1.29 bits per heavy atom. The lowest BCUT2D eigenvalue weighted by molar-refractivity contribution is -0.0873. The minimum atomic E-state index is -2.61. The van der Waals surface area contributed by atoms with Crippen LogP contribution < -0.4 is 5.73 Å². The van der Waals surface area contributed by atoms with Gasteiger partial charge >= 0.3 is 0 Å². The first-order valence-electron chi connectivity index (χ1n) is 4.41. The lowest BCUT2D eigenvalue weighted by atomic mass is 9.76. The quantitative estimate of drug-likeness (QED) is 0.694. The van der Waals surface area contributed by atoms with E-state index in [1.807, 2.05) is 0 Å². The Morgan fingerprint density at radius 2 is 1.93 bits per heavy atom. The molecule has 0 bridgehead atoms. The molecule has 1 nitrogen and oxygen atoms in total. The molecule has 76 valence electrons. The van der Waals surface area contributed by atoms with Gasteiger partial charge in [-0.05, 0) is 23.6 Å². The summed E-state index contributed by atoms with van der Waals surface area (Å²) in [6.07, 6.45) is -0.512. The Labute approximate surface area is 79.7 Å². The molecule has 1 fully saturated rings. The van der Waals surface area contributed by atoms with Crippen LogP contribution in [0.2, 0.25) is 0 Å². The van der Waals surface area contributed by atoms with E-state index in [1.54, 1.807) is 0 Å². The molecule has 2 N–H and O–H groups in total. The van der Waals surface area contributed by atoms with Crippen LogP contribution in [0.4, 0.5) is 18.9 Å². The zero-order valence-corrected chi connectivity index (χ0v) is 7.43. The van der Waals surface area contributed by atoms with E-state index in [0.717, 1.165) is 0 Å². The zero-order valence-electron chi connectivity index (χ0n) is 7.43.